The van der Waals surface area contributed by atoms with Gasteiger partial charge in [0.2, 0.25) is 5.91 Å². The lowest BCUT2D eigenvalue weighted by Crippen LogP contribution is -2.39. The molecule has 1 aliphatic rings. The molecule has 1 aromatic rings. The molecule has 0 spiro atoms. The zero-order valence-corrected chi connectivity index (χ0v) is 11.2. The van der Waals surface area contributed by atoms with E-state index in [9.17, 15) is 4.79 Å². The zero-order valence-electron chi connectivity index (χ0n) is 11.2. The van der Waals surface area contributed by atoms with E-state index in [4.69, 9.17) is 0 Å². The molecular formula is C15H22N2O. The summed E-state index contributed by atoms with van der Waals surface area (Å²) in [6.45, 7) is 6.64. The smallest absolute Gasteiger partial charge is 0.225 e. The molecule has 1 aliphatic heterocycles. The minimum atomic E-state index is 0.0642. The van der Waals surface area contributed by atoms with E-state index in [1.54, 1.807) is 0 Å². The van der Waals surface area contributed by atoms with Crippen LogP contribution < -0.4 is 5.32 Å². The van der Waals surface area contributed by atoms with Crippen molar-refractivity contribution in [2.24, 2.45) is 5.92 Å². The maximum atomic E-state index is 12.3. The van der Waals surface area contributed by atoms with E-state index < -0.39 is 0 Å². The number of carbonyl (C=O) groups is 1. The first-order valence-corrected chi connectivity index (χ1v) is 6.76. The van der Waals surface area contributed by atoms with Gasteiger partial charge in [0.15, 0.2) is 0 Å². The van der Waals surface area contributed by atoms with E-state index >= 15 is 0 Å². The highest BCUT2D eigenvalue weighted by Crippen LogP contribution is 2.23. The van der Waals surface area contributed by atoms with Crippen molar-refractivity contribution in [3.63, 3.8) is 0 Å². The molecule has 1 saturated heterocycles. The molecule has 0 saturated carbocycles. The molecular weight excluding hydrogens is 224 g/mol. The minimum Gasteiger partial charge on any atom is -0.334 e. The Hall–Kier alpha value is -1.35. The first-order chi connectivity index (χ1) is 8.70. The maximum Gasteiger partial charge on any atom is 0.225 e. The summed E-state index contributed by atoms with van der Waals surface area (Å²) in [7, 11) is 0. The van der Waals surface area contributed by atoms with Gasteiger partial charge >= 0.3 is 0 Å². The van der Waals surface area contributed by atoms with E-state index in [1.807, 2.05) is 36.9 Å². The Morgan fingerprint density at radius 3 is 2.72 bits per heavy atom. The van der Waals surface area contributed by atoms with Crippen LogP contribution in [-0.4, -0.2) is 30.4 Å². The fraction of sp³-hybridized carbons (Fsp3) is 0.533. The number of rotatable bonds is 2. The van der Waals surface area contributed by atoms with E-state index in [-0.39, 0.29) is 17.9 Å². The molecule has 3 nitrogen and oxygen atoms in total. The molecule has 0 aliphatic carbocycles. The molecule has 1 amide bonds. The number of nitrogens with one attached hydrogen (secondary N) is 1. The summed E-state index contributed by atoms with van der Waals surface area (Å²) in [6.07, 6.45) is 1.03. The largest absolute Gasteiger partial charge is 0.334 e. The second-order valence-electron chi connectivity index (χ2n) is 5.17. The third-order valence-electron chi connectivity index (χ3n) is 3.43. The van der Waals surface area contributed by atoms with Gasteiger partial charge in [0.25, 0.3) is 0 Å². The summed E-state index contributed by atoms with van der Waals surface area (Å²) < 4.78 is 0. The van der Waals surface area contributed by atoms with Crippen LogP contribution in [0.2, 0.25) is 0 Å². The average molecular weight is 246 g/mol. The van der Waals surface area contributed by atoms with Gasteiger partial charge in [0, 0.05) is 19.0 Å². The van der Waals surface area contributed by atoms with Crippen molar-refractivity contribution in [1.29, 1.82) is 0 Å². The number of amides is 1. The normalized spacial score (nSPS) is 20.8. The molecule has 98 valence electrons. The van der Waals surface area contributed by atoms with Crippen LogP contribution in [0.15, 0.2) is 30.3 Å². The van der Waals surface area contributed by atoms with Crippen molar-refractivity contribution in [2.75, 3.05) is 19.6 Å². The van der Waals surface area contributed by atoms with Gasteiger partial charge in [-0.15, -0.1) is 0 Å². The fourth-order valence-corrected chi connectivity index (χ4v) is 2.45. The summed E-state index contributed by atoms with van der Waals surface area (Å²) in [5.41, 5.74) is 1.22. The fourth-order valence-electron chi connectivity index (χ4n) is 2.45. The van der Waals surface area contributed by atoms with Crippen LogP contribution in [0.25, 0.3) is 0 Å². The van der Waals surface area contributed by atoms with Crippen LogP contribution in [0.4, 0.5) is 0 Å². The van der Waals surface area contributed by atoms with Crippen molar-refractivity contribution in [1.82, 2.24) is 10.2 Å². The molecule has 1 fully saturated rings. The third-order valence-corrected chi connectivity index (χ3v) is 3.43. The van der Waals surface area contributed by atoms with Crippen LogP contribution >= 0.6 is 0 Å². The van der Waals surface area contributed by atoms with E-state index in [0.717, 1.165) is 26.1 Å². The standard InChI is InChI=1S/C15H22N2O/c1-12(2)15(18)17-10-6-9-16-11-14(17)13-7-4-3-5-8-13/h3-5,7-8,12,14,16H,6,9-11H2,1-2H3. The molecule has 1 N–H and O–H groups in total. The zero-order chi connectivity index (χ0) is 13.0. The summed E-state index contributed by atoms with van der Waals surface area (Å²) >= 11 is 0. The van der Waals surface area contributed by atoms with Crippen LogP contribution in [0.3, 0.4) is 0 Å². The van der Waals surface area contributed by atoms with Crippen molar-refractivity contribution >= 4 is 5.91 Å². The van der Waals surface area contributed by atoms with Gasteiger partial charge in [0.1, 0.15) is 0 Å². The molecule has 0 radical (unpaired) electrons. The van der Waals surface area contributed by atoms with Crippen LogP contribution in [0.5, 0.6) is 0 Å². The van der Waals surface area contributed by atoms with Gasteiger partial charge < -0.3 is 10.2 Å². The molecule has 18 heavy (non-hydrogen) atoms. The molecule has 2 rings (SSSR count). The molecule has 1 aromatic carbocycles. The molecule has 1 heterocycles. The lowest BCUT2D eigenvalue weighted by molar-refractivity contribution is -0.136. The van der Waals surface area contributed by atoms with Crippen molar-refractivity contribution in [3.05, 3.63) is 35.9 Å². The Morgan fingerprint density at radius 2 is 2.06 bits per heavy atom. The van der Waals surface area contributed by atoms with Crippen molar-refractivity contribution < 1.29 is 4.79 Å². The van der Waals surface area contributed by atoms with Gasteiger partial charge in [-0.1, -0.05) is 44.2 Å². The van der Waals surface area contributed by atoms with E-state index in [0.29, 0.717) is 0 Å². The highest BCUT2D eigenvalue weighted by molar-refractivity contribution is 5.78. The number of hydrogen-bond acceptors (Lipinski definition) is 2. The number of nitrogens with zero attached hydrogens (tertiary/aromatic N) is 1. The number of carbonyl (C=O) groups excluding carboxylic acids is 1. The Labute approximate surface area is 109 Å². The van der Waals surface area contributed by atoms with Gasteiger partial charge in [-0.05, 0) is 18.5 Å². The van der Waals surface area contributed by atoms with Crippen LogP contribution in [0, 0.1) is 5.92 Å². The Bertz CT molecular complexity index is 389. The van der Waals surface area contributed by atoms with Gasteiger partial charge in [-0.2, -0.15) is 0 Å². The summed E-state index contributed by atoms with van der Waals surface area (Å²) in [5, 5.41) is 3.43. The summed E-state index contributed by atoms with van der Waals surface area (Å²) in [6, 6.07) is 10.5. The number of hydrogen-bond donors (Lipinski definition) is 1. The molecule has 0 bridgehead atoms. The first-order valence-electron chi connectivity index (χ1n) is 6.76. The van der Waals surface area contributed by atoms with E-state index in [1.165, 1.54) is 5.56 Å². The second-order valence-corrected chi connectivity index (χ2v) is 5.17. The van der Waals surface area contributed by atoms with Gasteiger partial charge in [-0.25, -0.2) is 0 Å². The van der Waals surface area contributed by atoms with Crippen molar-refractivity contribution in [3.8, 4) is 0 Å². The SMILES string of the molecule is CC(C)C(=O)N1CCCNCC1c1ccccc1. The minimum absolute atomic E-state index is 0.0642. The first kappa shape index (κ1) is 13.1. The predicted molar refractivity (Wildman–Crippen MR) is 73.2 cm³/mol. The highest BCUT2D eigenvalue weighted by Gasteiger charge is 2.27. The molecule has 1 atom stereocenters. The Kier molecular flexibility index (Phi) is 4.37. The van der Waals surface area contributed by atoms with Crippen LogP contribution in [-0.2, 0) is 4.79 Å². The van der Waals surface area contributed by atoms with Gasteiger partial charge in [-0.3, -0.25) is 4.79 Å². The van der Waals surface area contributed by atoms with Gasteiger partial charge in [0.05, 0.1) is 6.04 Å². The monoisotopic (exact) mass is 246 g/mol. The predicted octanol–water partition coefficient (Wildman–Crippen LogP) is 2.21. The summed E-state index contributed by atoms with van der Waals surface area (Å²) in [4.78, 5) is 14.4. The average Bonchev–Trinajstić information content (AvgIpc) is 2.64. The van der Waals surface area contributed by atoms with Crippen molar-refractivity contribution in [2.45, 2.75) is 26.3 Å². The quantitative estimate of drug-likeness (QED) is 0.867. The second kappa shape index (κ2) is 6.01. The van der Waals surface area contributed by atoms with Crippen LogP contribution in [0.1, 0.15) is 31.9 Å². The molecule has 3 heteroatoms. The highest BCUT2D eigenvalue weighted by atomic mass is 16.2. The molecule has 0 aromatic heterocycles. The summed E-state index contributed by atoms with van der Waals surface area (Å²) in [5.74, 6) is 0.321. The Morgan fingerprint density at radius 1 is 1.33 bits per heavy atom. The topological polar surface area (TPSA) is 32.3 Å². The lowest BCUT2D eigenvalue weighted by Gasteiger charge is -2.31. The third kappa shape index (κ3) is 2.91. The molecule has 1 unspecified atom stereocenters. The Balaban J connectivity index is 2.25. The maximum absolute atomic E-state index is 12.3. The van der Waals surface area contributed by atoms with E-state index in [2.05, 4.69) is 17.4 Å². The number of benzene rings is 1. The lowest BCUT2D eigenvalue weighted by atomic mass is 10.0.